The van der Waals surface area contributed by atoms with Crippen LogP contribution in [0.25, 0.3) is 0 Å². The van der Waals surface area contributed by atoms with E-state index >= 15 is 0 Å². The molecule has 0 aliphatic carbocycles. The average Bonchev–Trinajstić information content (AvgIpc) is 1.86. The summed E-state index contributed by atoms with van der Waals surface area (Å²) in [5.74, 6) is 1.06. The maximum Gasteiger partial charge on any atom is 0.0467 e. The molecule has 2 atom stereocenters. The molecule has 66 valence electrons. The monoisotopic (exact) mass is 157 g/mol. The van der Waals surface area contributed by atoms with E-state index in [-0.39, 0.29) is 5.41 Å². The van der Waals surface area contributed by atoms with Gasteiger partial charge >= 0.3 is 0 Å². The summed E-state index contributed by atoms with van der Waals surface area (Å²) in [4.78, 5) is 0. The van der Waals surface area contributed by atoms with Gasteiger partial charge in [-0.1, -0.05) is 20.8 Å². The largest absolute Gasteiger partial charge is 0.396 e. The molecule has 2 heteroatoms. The molecule has 1 rings (SSSR count). The molecule has 1 heterocycles. The van der Waals surface area contributed by atoms with E-state index < -0.39 is 0 Å². The van der Waals surface area contributed by atoms with E-state index in [1.165, 1.54) is 0 Å². The Labute approximate surface area is 69.0 Å². The summed E-state index contributed by atoms with van der Waals surface area (Å²) in [5, 5.41) is 12.5. The number of rotatable bonds is 1. The molecule has 1 aliphatic heterocycles. The Bertz CT molecular complexity index is 134. The molecule has 0 bridgehead atoms. The third-order valence-corrected chi connectivity index (χ3v) is 2.93. The second-order valence-electron chi connectivity index (χ2n) is 4.39. The summed E-state index contributed by atoms with van der Waals surface area (Å²) in [6.07, 6.45) is 0. The van der Waals surface area contributed by atoms with Gasteiger partial charge in [0.2, 0.25) is 0 Å². The Kier molecular flexibility index (Phi) is 2.55. The summed E-state index contributed by atoms with van der Waals surface area (Å²) in [7, 11) is 0. The maximum absolute atomic E-state index is 9.17. The zero-order valence-corrected chi connectivity index (χ0v) is 7.72. The van der Waals surface area contributed by atoms with Gasteiger partial charge in [0.15, 0.2) is 0 Å². The van der Waals surface area contributed by atoms with Crippen LogP contribution in [0.5, 0.6) is 0 Å². The van der Waals surface area contributed by atoms with Crippen LogP contribution in [0, 0.1) is 17.3 Å². The van der Waals surface area contributed by atoms with Gasteiger partial charge in [-0.05, 0) is 23.8 Å². The van der Waals surface area contributed by atoms with E-state index in [9.17, 15) is 0 Å². The first kappa shape index (κ1) is 9.01. The quantitative estimate of drug-likeness (QED) is 0.591. The van der Waals surface area contributed by atoms with Gasteiger partial charge in [-0.15, -0.1) is 0 Å². The molecular weight excluding hydrogens is 138 g/mol. The Morgan fingerprint density at radius 1 is 1.55 bits per heavy atom. The Morgan fingerprint density at radius 3 is 2.55 bits per heavy atom. The number of aliphatic hydroxyl groups is 1. The van der Waals surface area contributed by atoms with Crippen molar-refractivity contribution < 1.29 is 5.11 Å². The van der Waals surface area contributed by atoms with E-state index in [1.807, 2.05) is 0 Å². The summed E-state index contributed by atoms with van der Waals surface area (Å²) in [6.45, 7) is 9.05. The van der Waals surface area contributed by atoms with Crippen molar-refractivity contribution in [1.29, 1.82) is 0 Å². The molecular formula is C9H19NO. The van der Waals surface area contributed by atoms with E-state index in [4.69, 9.17) is 5.11 Å². The number of aliphatic hydroxyl groups excluding tert-OH is 1. The highest BCUT2D eigenvalue weighted by Gasteiger charge is 2.35. The van der Waals surface area contributed by atoms with Crippen molar-refractivity contribution in [3.63, 3.8) is 0 Å². The highest BCUT2D eigenvalue weighted by atomic mass is 16.3. The lowest BCUT2D eigenvalue weighted by Crippen LogP contribution is -2.49. The van der Waals surface area contributed by atoms with Crippen LogP contribution < -0.4 is 5.32 Å². The number of piperidine rings is 1. The highest BCUT2D eigenvalue weighted by molar-refractivity contribution is 4.88. The highest BCUT2D eigenvalue weighted by Crippen LogP contribution is 2.34. The van der Waals surface area contributed by atoms with Gasteiger partial charge in [-0.25, -0.2) is 0 Å². The molecule has 1 aliphatic rings. The van der Waals surface area contributed by atoms with Crippen molar-refractivity contribution in [2.75, 3.05) is 19.7 Å². The van der Waals surface area contributed by atoms with Gasteiger partial charge in [0.1, 0.15) is 0 Å². The summed E-state index contributed by atoms with van der Waals surface area (Å²) in [5.41, 5.74) is 0.256. The van der Waals surface area contributed by atoms with Crippen LogP contribution in [0.15, 0.2) is 0 Å². The fourth-order valence-corrected chi connectivity index (χ4v) is 2.09. The molecule has 1 saturated heterocycles. The minimum absolute atomic E-state index is 0.256. The maximum atomic E-state index is 9.17. The standard InChI is InChI=1S/C9H19NO/c1-7-4-10-6-9(2,3)8(7)5-11/h7-8,10-11H,4-6H2,1-3H3. The molecule has 0 saturated carbocycles. The van der Waals surface area contributed by atoms with Crippen LogP contribution in [0.3, 0.4) is 0 Å². The number of hydrogen-bond acceptors (Lipinski definition) is 2. The molecule has 0 aromatic rings. The van der Waals surface area contributed by atoms with Crippen LogP contribution in [-0.2, 0) is 0 Å². The second-order valence-corrected chi connectivity index (χ2v) is 4.39. The Balaban J connectivity index is 2.64. The van der Waals surface area contributed by atoms with Crippen LogP contribution in [0.4, 0.5) is 0 Å². The molecule has 2 N–H and O–H groups in total. The van der Waals surface area contributed by atoms with Crippen molar-refractivity contribution in [3.8, 4) is 0 Å². The van der Waals surface area contributed by atoms with Gasteiger partial charge < -0.3 is 10.4 Å². The summed E-state index contributed by atoms with van der Waals surface area (Å²) < 4.78 is 0. The van der Waals surface area contributed by atoms with Gasteiger partial charge in [0, 0.05) is 13.2 Å². The Morgan fingerprint density at radius 2 is 2.18 bits per heavy atom. The normalized spacial score (nSPS) is 37.1. The molecule has 0 spiro atoms. The smallest absolute Gasteiger partial charge is 0.0467 e. The lowest BCUT2D eigenvalue weighted by atomic mass is 9.70. The third kappa shape index (κ3) is 1.74. The fraction of sp³-hybridized carbons (Fsp3) is 1.00. The minimum Gasteiger partial charge on any atom is -0.396 e. The molecule has 0 aromatic heterocycles. The molecule has 11 heavy (non-hydrogen) atoms. The summed E-state index contributed by atoms with van der Waals surface area (Å²) >= 11 is 0. The van der Waals surface area contributed by atoms with Gasteiger partial charge in [-0.2, -0.15) is 0 Å². The Hall–Kier alpha value is -0.0800. The molecule has 2 unspecified atom stereocenters. The molecule has 1 fully saturated rings. The molecule has 0 radical (unpaired) electrons. The van der Waals surface area contributed by atoms with E-state index in [2.05, 4.69) is 26.1 Å². The van der Waals surface area contributed by atoms with Crippen LogP contribution in [0.1, 0.15) is 20.8 Å². The first-order valence-corrected chi connectivity index (χ1v) is 4.39. The predicted octanol–water partition coefficient (Wildman–Crippen LogP) is 0.860. The van der Waals surface area contributed by atoms with E-state index in [0.29, 0.717) is 18.4 Å². The fourth-order valence-electron chi connectivity index (χ4n) is 2.09. The topological polar surface area (TPSA) is 32.3 Å². The number of nitrogens with one attached hydrogen (secondary N) is 1. The van der Waals surface area contributed by atoms with Crippen LogP contribution >= 0.6 is 0 Å². The SMILES string of the molecule is CC1CNCC(C)(C)C1CO. The molecule has 2 nitrogen and oxygen atoms in total. The second kappa shape index (κ2) is 3.11. The first-order chi connectivity index (χ1) is 5.08. The summed E-state index contributed by atoms with van der Waals surface area (Å²) in [6, 6.07) is 0. The van der Waals surface area contributed by atoms with Crippen molar-refractivity contribution in [2.45, 2.75) is 20.8 Å². The average molecular weight is 157 g/mol. The van der Waals surface area contributed by atoms with E-state index in [0.717, 1.165) is 13.1 Å². The van der Waals surface area contributed by atoms with Crippen molar-refractivity contribution >= 4 is 0 Å². The molecule has 0 amide bonds. The minimum atomic E-state index is 0.256. The van der Waals surface area contributed by atoms with Gasteiger partial charge in [0.05, 0.1) is 0 Å². The third-order valence-electron chi connectivity index (χ3n) is 2.93. The number of hydrogen-bond donors (Lipinski definition) is 2. The zero-order valence-electron chi connectivity index (χ0n) is 7.72. The van der Waals surface area contributed by atoms with Crippen molar-refractivity contribution in [2.24, 2.45) is 17.3 Å². The van der Waals surface area contributed by atoms with Gasteiger partial charge in [-0.3, -0.25) is 0 Å². The lowest BCUT2D eigenvalue weighted by molar-refractivity contribution is 0.0454. The van der Waals surface area contributed by atoms with E-state index in [1.54, 1.807) is 0 Å². The van der Waals surface area contributed by atoms with Crippen molar-refractivity contribution in [3.05, 3.63) is 0 Å². The van der Waals surface area contributed by atoms with Crippen LogP contribution in [-0.4, -0.2) is 24.8 Å². The zero-order chi connectivity index (χ0) is 8.48. The lowest BCUT2D eigenvalue weighted by Gasteiger charge is -2.42. The van der Waals surface area contributed by atoms with Crippen LogP contribution in [0.2, 0.25) is 0 Å². The first-order valence-electron chi connectivity index (χ1n) is 4.39. The van der Waals surface area contributed by atoms with Crippen molar-refractivity contribution in [1.82, 2.24) is 5.32 Å². The predicted molar refractivity (Wildman–Crippen MR) is 46.4 cm³/mol. The van der Waals surface area contributed by atoms with Gasteiger partial charge in [0.25, 0.3) is 0 Å². The molecule has 0 aromatic carbocycles.